The Labute approximate surface area is 183 Å². The lowest BCUT2D eigenvalue weighted by atomic mass is 10.1. The van der Waals surface area contributed by atoms with Crippen molar-refractivity contribution in [3.63, 3.8) is 0 Å². The molecule has 0 saturated heterocycles. The summed E-state index contributed by atoms with van der Waals surface area (Å²) in [5, 5.41) is 9.21. The molecule has 0 amide bonds. The molecule has 0 aromatic heterocycles. The highest BCUT2D eigenvalue weighted by Gasteiger charge is 2.06. The van der Waals surface area contributed by atoms with Crippen molar-refractivity contribution in [2.45, 2.75) is 84.0 Å². The number of unbranched alkanes of at least 4 members (excludes halogenated alkanes) is 9. The zero-order chi connectivity index (χ0) is 21.7. The largest absolute Gasteiger partial charge is 0.508 e. The van der Waals surface area contributed by atoms with Crippen LogP contribution in [-0.2, 0) is 14.2 Å². The highest BCUT2D eigenvalue weighted by Crippen LogP contribution is 2.11. The third-order valence-electron chi connectivity index (χ3n) is 4.99. The van der Waals surface area contributed by atoms with Crippen LogP contribution in [0.25, 0.3) is 0 Å². The van der Waals surface area contributed by atoms with Gasteiger partial charge >= 0.3 is 5.97 Å². The van der Waals surface area contributed by atoms with Gasteiger partial charge in [-0.2, -0.15) is 0 Å². The van der Waals surface area contributed by atoms with E-state index in [9.17, 15) is 9.90 Å². The number of benzene rings is 1. The van der Waals surface area contributed by atoms with Crippen LogP contribution < -0.4 is 0 Å². The third kappa shape index (κ3) is 15.3. The molecule has 0 fully saturated rings. The van der Waals surface area contributed by atoms with Gasteiger partial charge in [-0.25, -0.2) is 4.79 Å². The molecule has 0 aliphatic rings. The molecule has 1 N–H and O–H groups in total. The van der Waals surface area contributed by atoms with E-state index in [0.717, 1.165) is 45.5 Å². The highest BCUT2D eigenvalue weighted by atomic mass is 16.5. The van der Waals surface area contributed by atoms with Gasteiger partial charge in [-0.15, -0.1) is 0 Å². The maximum Gasteiger partial charge on any atom is 0.338 e. The van der Waals surface area contributed by atoms with E-state index in [1.165, 1.54) is 63.5 Å². The third-order valence-corrected chi connectivity index (χ3v) is 4.99. The minimum Gasteiger partial charge on any atom is -0.508 e. The van der Waals surface area contributed by atoms with E-state index in [0.29, 0.717) is 18.8 Å². The number of rotatable bonds is 20. The Morgan fingerprint density at radius 1 is 0.667 bits per heavy atom. The van der Waals surface area contributed by atoms with Gasteiger partial charge in [-0.05, 0) is 56.4 Å². The van der Waals surface area contributed by atoms with Crippen LogP contribution in [0.4, 0.5) is 0 Å². The van der Waals surface area contributed by atoms with Gasteiger partial charge in [0.25, 0.3) is 0 Å². The lowest BCUT2D eigenvalue weighted by Crippen LogP contribution is -2.07. The SMILES string of the molecule is CCCCCCCCCCOCCCCOCCCCOC(=O)c1ccc(O)cc1. The van der Waals surface area contributed by atoms with Gasteiger partial charge in [-0.3, -0.25) is 0 Å². The van der Waals surface area contributed by atoms with Crippen molar-refractivity contribution in [1.29, 1.82) is 0 Å². The molecule has 0 saturated carbocycles. The quantitative estimate of drug-likeness (QED) is 0.198. The molecular formula is C25H42O5. The van der Waals surface area contributed by atoms with Crippen LogP contribution in [0.3, 0.4) is 0 Å². The van der Waals surface area contributed by atoms with Gasteiger partial charge in [0.05, 0.1) is 12.2 Å². The van der Waals surface area contributed by atoms with E-state index in [1.807, 2.05) is 0 Å². The minimum absolute atomic E-state index is 0.138. The van der Waals surface area contributed by atoms with Gasteiger partial charge in [0.15, 0.2) is 0 Å². The summed E-state index contributed by atoms with van der Waals surface area (Å²) in [7, 11) is 0. The van der Waals surface area contributed by atoms with Gasteiger partial charge in [-0.1, -0.05) is 51.9 Å². The summed E-state index contributed by atoms with van der Waals surface area (Å²) in [5.74, 6) is -0.221. The molecule has 1 aromatic rings. The maximum atomic E-state index is 11.8. The molecule has 1 rings (SSSR count). The maximum absolute atomic E-state index is 11.8. The molecule has 0 spiro atoms. The number of ether oxygens (including phenoxy) is 3. The highest BCUT2D eigenvalue weighted by molar-refractivity contribution is 5.89. The Kier molecular flexibility index (Phi) is 17.1. The standard InChI is InChI=1S/C25H42O5/c1-2-3-4-5-6-7-8-9-18-28-19-10-11-20-29-21-12-13-22-30-25(27)23-14-16-24(26)17-15-23/h14-17,26H,2-13,18-22H2,1H3. The topological polar surface area (TPSA) is 65.0 Å². The van der Waals surface area contributed by atoms with Crippen LogP contribution in [0.2, 0.25) is 0 Å². The molecule has 0 unspecified atom stereocenters. The normalized spacial score (nSPS) is 11.0. The Morgan fingerprint density at radius 2 is 1.10 bits per heavy atom. The van der Waals surface area contributed by atoms with E-state index in [-0.39, 0.29) is 11.7 Å². The first-order valence-electron chi connectivity index (χ1n) is 11.9. The van der Waals surface area contributed by atoms with Gasteiger partial charge < -0.3 is 19.3 Å². The van der Waals surface area contributed by atoms with Gasteiger partial charge in [0.2, 0.25) is 0 Å². The second-order valence-corrected chi connectivity index (χ2v) is 7.80. The van der Waals surface area contributed by atoms with Crippen LogP contribution in [-0.4, -0.2) is 44.1 Å². The second kappa shape index (κ2) is 19.4. The Bertz CT molecular complexity index is 515. The molecule has 5 nitrogen and oxygen atoms in total. The Morgan fingerprint density at radius 3 is 1.63 bits per heavy atom. The van der Waals surface area contributed by atoms with Crippen molar-refractivity contribution in [2.24, 2.45) is 0 Å². The fourth-order valence-corrected chi connectivity index (χ4v) is 3.10. The first-order valence-corrected chi connectivity index (χ1v) is 11.9. The smallest absolute Gasteiger partial charge is 0.338 e. The molecule has 0 aliphatic carbocycles. The molecule has 0 heterocycles. The van der Waals surface area contributed by atoms with Crippen molar-refractivity contribution < 1.29 is 24.1 Å². The molecule has 1 aromatic carbocycles. The zero-order valence-electron chi connectivity index (χ0n) is 18.9. The number of phenolic OH excluding ortho intramolecular Hbond substituents is 1. The molecule has 0 bridgehead atoms. The lowest BCUT2D eigenvalue weighted by molar-refractivity contribution is 0.0479. The zero-order valence-corrected chi connectivity index (χ0v) is 18.9. The molecule has 30 heavy (non-hydrogen) atoms. The number of esters is 1. The van der Waals surface area contributed by atoms with E-state index in [4.69, 9.17) is 14.2 Å². The molecule has 172 valence electrons. The van der Waals surface area contributed by atoms with E-state index >= 15 is 0 Å². The summed E-state index contributed by atoms with van der Waals surface area (Å²) in [6.07, 6.45) is 14.4. The first kappa shape index (κ1) is 26.4. The number of hydrogen-bond donors (Lipinski definition) is 1. The fourth-order valence-electron chi connectivity index (χ4n) is 3.10. The summed E-state index contributed by atoms with van der Waals surface area (Å²) in [6, 6.07) is 6.07. The van der Waals surface area contributed by atoms with E-state index < -0.39 is 0 Å². The molecule has 0 atom stereocenters. The van der Waals surface area contributed by atoms with Gasteiger partial charge in [0, 0.05) is 26.4 Å². The number of carbonyl (C=O) groups excluding carboxylic acids is 1. The summed E-state index contributed by atoms with van der Waals surface area (Å²) in [5.41, 5.74) is 0.452. The second-order valence-electron chi connectivity index (χ2n) is 7.80. The van der Waals surface area contributed by atoms with Crippen molar-refractivity contribution in [3.8, 4) is 5.75 Å². The Hall–Kier alpha value is -1.59. The fraction of sp³-hybridized carbons (Fsp3) is 0.720. The van der Waals surface area contributed by atoms with Crippen molar-refractivity contribution in [2.75, 3.05) is 33.0 Å². The number of phenols is 1. The average molecular weight is 423 g/mol. The van der Waals surface area contributed by atoms with Crippen LogP contribution in [0.1, 0.15) is 94.3 Å². The summed E-state index contributed by atoms with van der Waals surface area (Å²) in [6.45, 7) is 5.80. The molecule has 0 aliphatic heterocycles. The van der Waals surface area contributed by atoms with Crippen molar-refractivity contribution in [1.82, 2.24) is 0 Å². The number of aromatic hydroxyl groups is 1. The summed E-state index contributed by atoms with van der Waals surface area (Å²) < 4.78 is 16.5. The van der Waals surface area contributed by atoms with Gasteiger partial charge in [0.1, 0.15) is 5.75 Å². The summed E-state index contributed by atoms with van der Waals surface area (Å²) >= 11 is 0. The van der Waals surface area contributed by atoms with Crippen molar-refractivity contribution >= 4 is 5.97 Å². The van der Waals surface area contributed by atoms with Crippen LogP contribution >= 0.6 is 0 Å². The Balaban J connectivity index is 1.75. The van der Waals surface area contributed by atoms with E-state index in [1.54, 1.807) is 12.1 Å². The number of carbonyl (C=O) groups is 1. The molecule has 5 heteroatoms. The summed E-state index contributed by atoms with van der Waals surface area (Å²) in [4.78, 5) is 11.8. The minimum atomic E-state index is -0.358. The lowest BCUT2D eigenvalue weighted by Gasteiger charge is -2.07. The molecule has 0 radical (unpaired) electrons. The van der Waals surface area contributed by atoms with Crippen LogP contribution in [0.5, 0.6) is 5.75 Å². The van der Waals surface area contributed by atoms with Crippen molar-refractivity contribution in [3.05, 3.63) is 29.8 Å². The monoisotopic (exact) mass is 422 g/mol. The molecular weight excluding hydrogens is 380 g/mol. The van der Waals surface area contributed by atoms with Crippen LogP contribution in [0, 0.1) is 0 Å². The first-order chi connectivity index (χ1) is 14.7. The number of hydrogen-bond acceptors (Lipinski definition) is 5. The predicted molar refractivity (Wildman–Crippen MR) is 121 cm³/mol. The average Bonchev–Trinajstić information content (AvgIpc) is 2.75. The predicted octanol–water partition coefficient (Wildman–Crippen LogP) is 6.28. The van der Waals surface area contributed by atoms with E-state index in [2.05, 4.69) is 6.92 Å². The van der Waals surface area contributed by atoms with Crippen LogP contribution in [0.15, 0.2) is 24.3 Å².